The van der Waals surface area contributed by atoms with Gasteiger partial charge >= 0.3 is 18.4 Å². The molecule has 1 fully saturated rings. The lowest BCUT2D eigenvalue weighted by Crippen LogP contribution is -2.38. The quantitative estimate of drug-likeness (QED) is 0.167. The van der Waals surface area contributed by atoms with Gasteiger partial charge in [0.2, 0.25) is 0 Å². The molecule has 1 atom stereocenters. The number of hydrogen-bond donors (Lipinski definition) is 2. The Labute approximate surface area is 272 Å². The summed E-state index contributed by atoms with van der Waals surface area (Å²) in [7, 11) is 0. The highest BCUT2D eigenvalue weighted by molar-refractivity contribution is 6.33. The van der Waals surface area contributed by atoms with E-state index in [1.165, 1.54) is 12.1 Å². The van der Waals surface area contributed by atoms with E-state index in [1.807, 2.05) is 25.1 Å². The number of nitriles is 1. The van der Waals surface area contributed by atoms with Gasteiger partial charge in [-0.3, -0.25) is 4.90 Å². The molecule has 0 saturated carbocycles. The van der Waals surface area contributed by atoms with E-state index in [0.29, 0.717) is 39.7 Å². The molecule has 1 amide bonds. The lowest BCUT2D eigenvalue weighted by molar-refractivity contribution is -0.274. The molecular formula is C34H27ClF3N3O6. The van der Waals surface area contributed by atoms with Gasteiger partial charge in [-0.25, -0.2) is 9.59 Å². The monoisotopic (exact) mass is 665 g/mol. The molecule has 2 N–H and O–H groups in total. The zero-order valence-electron chi connectivity index (χ0n) is 24.8. The maximum Gasteiger partial charge on any atom is 0.573 e. The minimum atomic E-state index is -4.78. The Hall–Kier alpha value is -5.41. The zero-order chi connectivity index (χ0) is 33.7. The number of aliphatic carboxylic acids is 1. The fourth-order valence-corrected chi connectivity index (χ4v) is 5.31. The van der Waals surface area contributed by atoms with E-state index in [0.717, 1.165) is 27.2 Å². The van der Waals surface area contributed by atoms with Gasteiger partial charge in [0.15, 0.2) is 6.04 Å². The van der Waals surface area contributed by atoms with Crippen molar-refractivity contribution in [3.05, 3.63) is 112 Å². The van der Waals surface area contributed by atoms with Crippen LogP contribution in [0.15, 0.2) is 78.9 Å². The molecule has 4 aromatic rings. The Kier molecular flexibility index (Phi) is 9.77. The van der Waals surface area contributed by atoms with Crippen LogP contribution in [0.2, 0.25) is 5.02 Å². The minimum Gasteiger partial charge on any atom is -0.488 e. The number of carbonyl (C=O) groups is 2. The number of carboxylic acids is 1. The van der Waals surface area contributed by atoms with Gasteiger partial charge in [0.1, 0.15) is 24.7 Å². The summed E-state index contributed by atoms with van der Waals surface area (Å²) in [6.45, 7) is 1.92. The van der Waals surface area contributed by atoms with Crippen LogP contribution < -0.4 is 14.8 Å². The number of rotatable bonds is 11. The summed E-state index contributed by atoms with van der Waals surface area (Å²) in [6, 6.07) is 22.2. The molecule has 1 heterocycles. The normalized spacial score (nSPS) is 14.3. The summed E-state index contributed by atoms with van der Waals surface area (Å²) >= 11 is 6.67. The third kappa shape index (κ3) is 8.06. The second-order valence-corrected chi connectivity index (χ2v) is 11.0. The van der Waals surface area contributed by atoms with Crippen LogP contribution in [-0.2, 0) is 29.2 Å². The number of ether oxygens (including phenoxy) is 3. The number of halogens is 4. The van der Waals surface area contributed by atoms with Crippen LogP contribution in [0.25, 0.3) is 11.1 Å². The van der Waals surface area contributed by atoms with Crippen molar-refractivity contribution >= 4 is 29.4 Å². The standard InChI is InChI=1S/C34H27ClF3N3O6/c1-20-24(3-2-4-27(20)23-9-11-26(12-10-23)47-34(36,37)38)16-40-29-14-31(45-18-22-7-5-21(15-39)6-8-22)25(13-28(29)35)17-41-30(32(42)43)19-46-33(41)44/h2-14,30,40H,16-19H2,1H3,(H,42,43). The molecule has 0 aromatic heterocycles. The smallest absolute Gasteiger partial charge is 0.488 e. The van der Waals surface area contributed by atoms with Gasteiger partial charge in [0, 0.05) is 18.2 Å². The summed E-state index contributed by atoms with van der Waals surface area (Å²) in [5.74, 6) is -1.17. The lowest BCUT2D eigenvalue weighted by Gasteiger charge is -2.22. The molecular weight excluding hydrogens is 639 g/mol. The Morgan fingerprint density at radius 2 is 1.83 bits per heavy atom. The van der Waals surface area contributed by atoms with Crippen LogP contribution in [-0.4, -0.2) is 41.1 Å². The Bertz CT molecular complexity index is 1830. The van der Waals surface area contributed by atoms with E-state index >= 15 is 0 Å². The average Bonchev–Trinajstić information content (AvgIpc) is 3.40. The first-order chi connectivity index (χ1) is 22.4. The molecule has 0 spiro atoms. The van der Waals surface area contributed by atoms with Gasteiger partial charge < -0.3 is 24.6 Å². The topological polar surface area (TPSA) is 121 Å². The van der Waals surface area contributed by atoms with Crippen LogP contribution in [0.4, 0.5) is 23.7 Å². The van der Waals surface area contributed by atoms with E-state index in [1.54, 1.807) is 48.5 Å². The average molecular weight is 666 g/mol. The largest absolute Gasteiger partial charge is 0.573 e. The third-order valence-electron chi connectivity index (χ3n) is 7.54. The van der Waals surface area contributed by atoms with Crippen LogP contribution in [0.3, 0.4) is 0 Å². The molecule has 47 heavy (non-hydrogen) atoms. The van der Waals surface area contributed by atoms with Gasteiger partial charge in [-0.2, -0.15) is 5.26 Å². The van der Waals surface area contributed by atoms with Crippen molar-refractivity contribution < 1.29 is 42.1 Å². The molecule has 13 heteroatoms. The predicted molar refractivity (Wildman–Crippen MR) is 166 cm³/mol. The molecule has 1 saturated heterocycles. The third-order valence-corrected chi connectivity index (χ3v) is 7.86. The van der Waals surface area contributed by atoms with Crippen molar-refractivity contribution in [3.63, 3.8) is 0 Å². The lowest BCUT2D eigenvalue weighted by atomic mass is 9.96. The van der Waals surface area contributed by atoms with Crippen molar-refractivity contribution in [2.24, 2.45) is 0 Å². The SMILES string of the molecule is Cc1c(CNc2cc(OCc3ccc(C#N)cc3)c(CN3C(=O)OCC3C(=O)O)cc2Cl)cccc1-c1ccc(OC(F)(F)F)cc1. The summed E-state index contributed by atoms with van der Waals surface area (Å²) in [5, 5.41) is 22.3. The molecule has 0 radical (unpaired) electrons. The number of carboxylic acid groups (broad SMARTS) is 1. The van der Waals surface area contributed by atoms with Gasteiger partial charge in [0.25, 0.3) is 0 Å². The molecule has 1 aliphatic rings. The maximum atomic E-state index is 12.6. The number of cyclic esters (lactones) is 1. The summed E-state index contributed by atoms with van der Waals surface area (Å²) in [4.78, 5) is 25.2. The number of carbonyl (C=O) groups excluding carboxylic acids is 1. The number of amides is 1. The molecule has 0 bridgehead atoms. The number of nitrogens with zero attached hydrogens (tertiary/aromatic N) is 2. The van der Waals surface area contributed by atoms with Gasteiger partial charge in [-0.15, -0.1) is 13.2 Å². The molecule has 4 aromatic carbocycles. The Morgan fingerprint density at radius 1 is 1.11 bits per heavy atom. The summed E-state index contributed by atoms with van der Waals surface area (Å²) in [6.07, 6.45) is -5.55. The van der Waals surface area contributed by atoms with Crippen molar-refractivity contribution in [3.8, 4) is 28.7 Å². The van der Waals surface area contributed by atoms with E-state index in [-0.39, 0.29) is 25.5 Å². The first-order valence-corrected chi connectivity index (χ1v) is 14.6. The summed E-state index contributed by atoms with van der Waals surface area (Å²) in [5.41, 5.74) is 5.53. The van der Waals surface area contributed by atoms with Crippen molar-refractivity contribution in [1.29, 1.82) is 5.26 Å². The number of benzene rings is 4. The fourth-order valence-electron chi connectivity index (χ4n) is 5.05. The van der Waals surface area contributed by atoms with Gasteiger partial charge in [0.05, 0.1) is 28.9 Å². The molecule has 1 unspecified atom stereocenters. The number of anilines is 1. The van der Waals surface area contributed by atoms with Gasteiger partial charge in [-0.05, 0) is 65.1 Å². The zero-order valence-corrected chi connectivity index (χ0v) is 25.6. The number of nitrogens with one attached hydrogen (secondary N) is 1. The number of hydrogen-bond acceptors (Lipinski definition) is 7. The van der Waals surface area contributed by atoms with E-state index in [4.69, 9.17) is 26.3 Å². The molecule has 1 aliphatic heterocycles. The van der Waals surface area contributed by atoms with E-state index < -0.39 is 24.5 Å². The van der Waals surface area contributed by atoms with Crippen LogP contribution in [0.1, 0.15) is 27.8 Å². The molecule has 242 valence electrons. The van der Waals surface area contributed by atoms with Crippen molar-refractivity contribution in [1.82, 2.24) is 4.90 Å². The fraction of sp³-hybridized carbons (Fsp3) is 0.206. The van der Waals surface area contributed by atoms with Crippen LogP contribution in [0.5, 0.6) is 11.5 Å². The molecule has 0 aliphatic carbocycles. The highest BCUT2D eigenvalue weighted by atomic mass is 35.5. The second-order valence-electron chi connectivity index (χ2n) is 10.6. The van der Waals surface area contributed by atoms with Crippen LogP contribution >= 0.6 is 11.6 Å². The van der Waals surface area contributed by atoms with Crippen LogP contribution in [0, 0.1) is 18.3 Å². The van der Waals surface area contributed by atoms with Crippen molar-refractivity contribution in [2.45, 2.75) is 39.0 Å². The highest BCUT2D eigenvalue weighted by Crippen LogP contribution is 2.35. The highest BCUT2D eigenvalue weighted by Gasteiger charge is 2.38. The first kappa shape index (κ1) is 33.0. The second kappa shape index (κ2) is 13.9. The number of alkyl halides is 3. The molecule has 9 nitrogen and oxygen atoms in total. The molecule has 5 rings (SSSR count). The minimum absolute atomic E-state index is 0.112. The maximum absolute atomic E-state index is 12.6. The Morgan fingerprint density at radius 3 is 2.49 bits per heavy atom. The van der Waals surface area contributed by atoms with E-state index in [9.17, 15) is 27.9 Å². The first-order valence-electron chi connectivity index (χ1n) is 14.2. The predicted octanol–water partition coefficient (Wildman–Crippen LogP) is 7.68. The van der Waals surface area contributed by atoms with Crippen molar-refractivity contribution in [2.75, 3.05) is 11.9 Å². The summed E-state index contributed by atoms with van der Waals surface area (Å²) < 4.78 is 52.8. The van der Waals surface area contributed by atoms with E-state index in [2.05, 4.69) is 16.1 Å². The Balaban J connectivity index is 1.38. The van der Waals surface area contributed by atoms with Gasteiger partial charge in [-0.1, -0.05) is 54.1 Å².